The van der Waals surface area contributed by atoms with Gasteiger partial charge in [0.15, 0.2) is 5.76 Å². The molecular weight excluding hydrogens is 324 g/mol. The second-order valence-electron chi connectivity index (χ2n) is 5.57. The third-order valence-corrected chi connectivity index (χ3v) is 3.97. The lowest BCUT2D eigenvalue weighted by Gasteiger charge is -2.18. The number of nitrogens with zero attached hydrogens (tertiary/aromatic N) is 4. The largest absolute Gasteiger partial charge is 0.459 e. The predicted octanol–water partition coefficient (Wildman–Crippen LogP) is 2.69. The van der Waals surface area contributed by atoms with E-state index in [0.29, 0.717) is 11.4 Å². The molecule has 1 aliphatic heterocycles. The van der Waals surface area contributed by atoms with E-state index >= 15 is 0 Å². The van der Waals surface area contributed by atoms with E-state index in [2.05, 4.69) is 10.2 Å². The van der Waals surface area contributed by atoms with E-state index in [4.69, 9.17) is 8.83 Å². The number of hydrogen-bond donors (Lipinski definition) is 0. The molecule has 1 aliphatic rings. The van der Waals surface area contributed by atoms with Crippen LogP contribution < -0.4 is 4.90 Å². The van der Waals surface area contributed by atoms with Crippen molar-refractivity contribution in [3.8, 4) is 11.7 Å². The van der Waals surface area contributed by atoms with Crippen molar-refractivity contribution in [2.45, 2.75) is 19.5 Å². The lowest BCUT2D eigenvalue weighted by Crippen LogP contribution is -2.33. The van der Waals surface area contributed by atoms with Crippen LogP contribution in [0.3, 0.4) is 0 Å². The zero-order chi connectivity index (χ0) is 17.4. The second-order valence-corrected chi connectivity index (χ2v) is 5.57. The number of benzene rings is 1. The molecule has 8 nitrogen and oxygen atoms in total. The lowest BCUT2D eigenvalue weighted by atomic mass is 10.2. The third kappa shape index (κ3) is 2.57. The van der Waals surface area contributed by atoms with Crippen molar-refractivity contribution in [1.82, 2.24) is 15.1 Å². The minimum atomic E-state index is -0.595. The lowest BCUT2D eigenvalue weighted by molar-refractivity contribution is -0.127. The summed E-state index contributed by atoms with van der Waals surface area (Å²) in [6, 6.07) is 11.4. The molecule has 1 saturated heterocycles. The Kier molecular flexibility index (Phi) is 3.57. The molecule has 0 N–H and O–H groups in total. The highest BCUT2D eigenvalue weighted by Crippen LogP contribution is 2.27. The van der Waals surface area contributed by atoms with Crippen molar-refractivity contribution in [2.24, 2.45) is 0 Å². The van der Waals surface area contributed by atoms with Crippen LogP contribution in [-0.2, 0) is 11.3 Å². The van der Waals surface area contributed by atoms with Crippen LogP contribution in [-0.4, -0.2) is 33.1 Å². The quantitative estimate of drug-likeness (QED) is 0.679. The molecule has 0 saturated carbocycles. The molecule has 1 aromatic carbocycles. The van der Waals surface area contributed by atoms with Crippen LogP contribution in [0, 0.1) is 0 Å². The van der Waals surface area contributed by atoms with Crippen LogP contribution in [0.2, 0.25) is 0 Å². The van der Waals surface area contributed by atoms with E-state index < -0.39 is 12.1 Å². The Balaban J connectivity index is 1.57. The van der Waals surface area contributed by atoms with Gasteiger partial charge in [-0.1, -0.05) is 18.2 Å². The van der Waals surface area contributed by atoms with Crippen molar-refractivity contribution in [1.29, 1.82) is 0 Å². The average molecular weight is 338 g/mol. The highest BCUT2D eigenvalue weighted by molar-refractivity contribution is 6.13. The maximum Gasteiger partial charge on any atom is 0.332 e. The maximum atomic E-state index is 12.7. The van der Waals surface area contributed by atoms with Gasteiger partial charge in [0, 0.05) is 5.69 Å². The number of carbonyl (C=O) groups excluding carboxylic acids is 2. The van der Waals surface area contributed by atoms with Gasteiger partial charge in [-0.05, 0) is 31.2 Å². The van der Waals surface area contributed by atoms with E-state index in [-0.39, 0.29) is 24.2 Å². The van der Waals surface area contributed by atoms with Gasteiger partial charge in [0.1, 0.15) is 12.6 Å². The Morgan fingerprint density at radius 2 is 1.88 bits per heavy atom. The number of rotatable bonds is 4. The summed E-state index contributed by atoms with van der Waals surface area (Å²) in [5.41, 5.74) is 0.664. The van der Waals surface area contributed by atoms with Gasteiger partial charge in [-0.3, -0.25) is 14.6 Å². The van der Waals surface area contributed by atoms with Crippen molar-refractivity contribution in [3.05, 3.63) is 54.6 Å². The normalized spacial score (nSPS) is 17.6. The van der Waals surface area contributed by atoms with Crippen LogP contribution in [0.4, 0.5) is 10.5 Å². The molecule has 2 aromatic heterocycles. The SMILES string of the molecule is C[C@@H]1C(=O)N(Cc2nnc(-c3ccco3)o2)C(=O)N1c1ccccc1. The van der Waals surface area contributed by atoms with E-state index in [0.717, 1.165) is 4.90 Å². The molecule has 4 rings (SSSR count). The Labute approximate surface area is 142 Å². The van der Waals surface area contributed by atoms with Crippen molar-refractivity contribution >= 4 is 17.6 Å². The molecule has 3 heterocycles. The number of carbonyl (C=O) groups is 2. The van der Waals surface area contributed by atoms with E-state index in [1.54, 1.807) is 31.2 Å². The number of para-hydroxylation sites is 1. The number of hydrogen-bond acceptors (Lipinski definition) is 6. The molecule has 0 radical (unpaired) electrons. The molecule has 3 aromatic rings. The molecule has 3 amide bonds. The fourth-order valence-corrected chi connectivity index (χ4v) is 2.75. The summed E-state index contributed by atoms with van der Waals surface area (Å²) in [7, 11) is 0. The first kappa shape index (κ1) is 15.1. The zero-order valence-electron chi connectivity index (χ0n) is 13.3. The fourth-order valence-electron chi connectivity index (χ4n) is 2.75. The van der Waals surface area contributed by atoms with Crippen molar-refractivity contribution in [2.75, 3.05) is 4.90 Å². The number of aromatic nitrogens is 2. The highest BCUT2D eigenvalue weighted by atomic mass is 16.4. The standard InChI is InChI=1S/C17H14N4O4/c1-11-16(22)20(17(23)21(11)12-6-3-2-4-7-12)10-14-18-19-15(25-14)13-8-5-9-24-13/h2-9,11H,10H2,1H3/t11-/m1/s1. The topological polar surface area (TPSA) is 92.7 Å². The molecule has 1 atom stereocenters. The summed E-state index contributed by atoms with van der Waals surface area (Å²) in [6.07, 6.45) is 1.49. The smallest absolute Gasteiger partial charge is 0.332 e. The summed E-state index contributed by atoms with van der Waals surface area (Å²) in [5.74, 6) is 0.478. The Morgan fingerprint density at radius 1 is 1.08 bits per heavy atom. The molecule has 0 aliphatic carbocycles. The summed E-state index contributed by atoms with van der Waals surface area (Å²) >= 11 is 0. The predicted molar refractivity (Wildman–Crippen MR) is 86.3 cm³/mol. The van der Waals surface area contributed by atoms with Crippen molar-refractivity contribution in [3.63, 3.8) is 0 Å². The first-order valence-corrected chi connectivity index (χ1v) is 7.71. The molecular formula is C17H14N4O4. The fraction of sp³-hybridized carbons (Fsp3) is 0.176. The number of urea groups is 1. The molecule has 0 unspecified atom stereocenters. The number of imide groups is 1. The minimum Gasteiger partial charge on any atom is -0.459 e. The van der Waals surface area contributed by atoms with Crippen LogP contribution in [0.5, 0.6) is 0 Å². The summed E-state index contributed by atoms with van der Waals surface area (Å²) in [6.45, 7) is 1.61. The van der Waals surface area contributed by atoms with Gasteiger partial charge in [-0.25, -0.2) is 4.79 Å². The Morgan fingerprint density at radius 3 is 2.60 bits per heavy atom. The first-order chi connectivity index (χ1) is 12.1. The van der Waals surface area contributed by atoms with Gasteiger partial charge < -0.3 is 8.83 Å². The zero-order valence-corrected chi connectivity index (χ0v) is 13.3. The van der Waals surface area contributed by atoms with Crippen LogP contribution in [0.1, 0.15) is 12.8 Å². The van der Waals surface area contributed by atoms with Gasteiger partial charge in [0.05, 0.1) is 6.26 Å². The Hall–Kier alpha value is -3.42. The van der Waals surface area contributed by atoms with Crippen LogP contribution in [0.15, 0.2) is 57.6 Å². The van der Waals surface area contributed by atoms with Gasteiger partial charge in [0.25, 0.3) is 11.8 Å². The maximum absolute atomic E-state index is 12.7. The molecule has 1 fully saturated rings. The average Bonchev–Trinajstić information content (AvgIpc) is 3.34. The van der Waals surface area contributed by atoms with E-state index in [1.807, 2.05) is 18.2 Å². The monoisotopic (exact) mass is 338 g/mol. The van der Waals surface area contributed by atoms with E-state index in [9.17, 15) is 9.59 Å². The molecule has 0 bridgehead atoms. The molecule has 8 heteroatoms. The van der Waals surface area contributed by atoms with Crippen molar-refractivity contribution < 1.29 is 18.4 Å². The van der Waals surface area contributed by atoms with Gasteiger partial charge in [-0.15, -0.1) is 10.2 Å². The summed E-state index contributed by atoms with van der Waals surface area (Å²) < 4.78 is 10.7. The van der Waals surface area contributed by atoms with Gasteiger partial charge in [-0.2, -0.15) is 0 Å². The molecule has 25 heavy (non-hydrogen) atoms. The molecule has 0 spiro atoms. The van der Waals surface area contributed by atoms with Crippen LogP contribution >= 0.6 is 0 Å². The summed E-state index contributed by atoms with van der Waals surface area (Å²) in [4.78, 5) is 27.7. The van der Waals surface area contributed by atoms with E-state index in [1.165, 1.54) is 11.2 Å². The summed E-state index contributed by atoms with van der Waals surface area (Å²) in [5, 5.41) is 7.76. The minimum absolute atomic E-state index is 0.0843. The molecule has 126 valence electrons. The Bertz CT molecular complexity index is 904. The van der Waals surface area contributed by atoms with Gasteiger partial charge >= 0.3 is 6.03 Å². The number of amides is 3. The third-order valence-electron chi connectivity index (χ3n) is 3.97. The highest BCUT2D eigenvalue weighted by Gasteiger charge is 2.43. The van der Waals surface area contributed by atoms with Gasteiger partial charge in [0.2, 0.25) is 5.89 Å². The number of furan rings is 1. The number of anilines is 1. The second kappa shape index (κ2) is 5.90. The van der Waals surface area contributed by atoms with Crippen LogP contribution in [0.25, 0.3) is 11.7 Å². The first-order valence-electron chi connectivity index (χ1n) is 7.71.